The van der Waals surface area contributed by atoms with E-state index in [1.807, 2.05) is 18.2 Å². The van der Waals surface area contributed by atoms with Crippen molar-refractivity contribution in [3.8, 4) is 0 Å². The van der Waals surface area contributed by atoms with E-state index in [1.54, 1.807) is 23.7 Å². The summed E-state index contributed by atoms with van der Waals surface area (Å²) >= 11 is 1.66. The monoisotopic (exact) mass is 290 g/mol. The van der Waals surface area contributed by atoms with Crippen molar-refractivity contribution < 1.29 is 4.79 Å². The second-order valence-electron chi connectivity index (χ2n) is 4.47. The smallest absolute Gasteiger partial charge is 0.232 e. The molecule has 106 valence electrons. The van der Waals surface area contributed by atoms with Crippen LogP contribution >= 0.6 is 11.8 Å². The van der Waals surface area contributed by atoms with Crippen LogP contribution in [-0.4, -0.2) is 44.5 Å². The minimum Gasteiger partial charge on any atom is -0.338 e. The summed E-state index contributed by atoms with van der Waals surface area (Å²) in [6, 6.07) is 10.3. The second-order valence-corrected chi connectivity index (χ2v) is 5.58. The number of aromatic amines is 1. The van der Waals surface area contributed by atoms with Crippen molar-refractivity contribution in [3.05, 3.63) is 48.0 Å². The molecule has 1 aromatic carbocycles. The van der Waals surface area contributed by atoms with Crippen molar-refractivity contribution in [3.63, 3.8) is 0 Å². The molecule has 0 bridgehead atoms. The summed E-state index contributed by atoms with van der Waals surface area (Å²) in [5.41, 5.74) is 1.31. The summed E-state index contributed by atoms with van der Waals surface area (Å²) < 4.78 is 0. The van der Waals surface area contributed by atoms with Gasteiger partial charge in [-0.3, -0.25) is 9.89 Å². The van der Waals surface area contributed by atoms with E-state index in [9.17, 15) is 4.79 Å². The Labute approximate surface area is 122 Å². The Morgan fingerprint density at radius 3 is 2.85 bits per heavy atom. The van der Waals surface area contributed by atoms with E-state index in [0.717, 1.165) is 12.2 Å². The van der Waals surface area contributed by atoms with Gasteiger partial charge in [-0.2, -0.15) is 16.9 Å². The summed E-state index contributed by atoms with van der Waals surface area (Å²) in [5.74, 6) is 2.26. The van der Waals surface area contributed by atoms with Crippen molar-refractivity contribution in [1.29, 1.82) is 0 Å². The lowest BCUT2D eigenvalue weighted by Gasteiger charge is -2.15. The Morgan fingerprint density at radius 1 is 1.35 bits per heavy atom. The van der Waals surface area contributed by atoms with Crippen LogP contribution in [0.1, 0.15) is 11.4 Å². The maximum atomic E-state index is 11.9. The molecule has 0 fully saturated rings. The van der Waals surface area contributed by atoms with E-state index in [-0.39, 0.29) is 5.91 Å². The number of benzene rings is 1. The maximum Gasteiger partial charge on any atom is 0.232 e. The van der Waals surface area contributed by atoms with Gasteiger partial charge in [0.05, 0.1) is 12.3 Å². The molecule has 1 aromatic heterocycles. The van der Waals surface area contributed by atoms with Crippen molar-refractivity contribution in [2.75, 3.05) is 18.6 Å². The summed E-state index contributed by atoms with van der Waals surface area (Å²) in [7, 11) is 1.78. The standard InChI is InChI=1S/C14H18N4OS/c1-18(9-13-15-11-16-17-13)14(19)10-20-8-7-12-5-3-2-4-6-12/h2-6,11H,7-10H2,1H3,(H,15,16,17). The van der Waals surface area contributed by atoms with Crippen LogP contribution in [0, 0.1) is 0 Å². The minimum atomic E-state index is 0.111. The highest BCUT2D eigenvalue weighted by molar-refractivity contribution is 7.99. The number of carbonyl (C=O) groups excluding carboxylic acids is 1. The topological polar surface area (TPSA) is 61.9 Å². The van der Waals surface area contributed by atoms with Gasteiger partial charge in [-0.1, -0.05) is 30.3 Å². The van der Waals surface area contributed by atoms with Gasteiger partial charge >= 0.3 is 0 Å². The van der Waals surface area contributed by atoms with Crippen LogP contribution in [0.15, 0.2) is 36.7 Å². The number of H-pyrrole nitrogens is 1. The van der Waals surface area contributed by atoms with Crippen LogP contribution < -0.4 is 0 Å². The molecule has 0 saturated carbocycles. The average Bonchev–Trinajstić information content (AvgIpc) is 2.97. The number of nitrogens with zero attached hydrogens (tertiary/aromatic N) is 3. The zero-order valence-electron chi connectivity index (χ0n) is 11.5. The lowest BCUT2D eigenvalue weighted by molar-refractivity contribution is -0.127. The van der Waals surface area contributed by atoms with Gasteiger partial charge in [-0.15, -0.1) is 0 Å². The fourth-order valence-electron chi connectivity index (χ4n) is 1.72. The second kappa shape index (κ2) is 7.69. The Kier molecular flexibility index (Phi) is 5.61. The maximum absolute atomic E-state index is 11.9. The van der Waals surface area contributed by atoms with Crippen molar-refractivity contribution >= 4 is 17.7 Å². The number of thioether (sulfide) groups is 1. The minimum absolute atomic E-state index is 0.111. The molecule has 0 aliphatic rings. The average molecular weight is 290 g/mol. The summed E-state index contributed by atoms with van der Waals surface area (Å²) in [4.78, 5) is 17.6. The fraction of sp³-hybridized carbons (Fsp3) is 0.357. The highest BCUT2D eigenvalue weighted by atomic mass is 32.2. The normalized spacial score (nSPS) is 10.4. The Morgan fingerprint density at radius 2 is 2.15 bits per heavy atom. The van der Waals surface area contributed by atoms with Crippen LogP contribution in [0.3, 0.4) is 0 Å². The summed E-state index contributed by atoms with van der Waals surface area (Å²) in [6.07, 6.45) is 2.44. The molecule has 5 nitrogen and oxygen atoms in total. The number of rotatable bonds is 7. The zero-order valence-corrected chi connectivity index (χ0v) is 12.3. The molecule has 0 atom stereocenters. The Hall–Kier alpha value is -1.82. The number of hydrogen-bond donors (Lipinski definition) is 1. The molecule has 0 radical (unpaired) electrons. The predicted molar refractivity (Wildman–Crippen MR) is 80.3 cm³/mol. The third-order valence-electron chi connectivity index (χ3n) is 2.88. The lowest BCUT2D eigenvalue weighted by atomic mass is 10.2. The SMILES string of the molecule is CN(Cc1ncn[nH]1)C(=O)CSCCc1ccccc1. The van der Waals surface area contributed by atoms with Gasteiger partial charge in [0.25, 0.3) is 0 Å². The highest BCUT2D eigenvalue weighted by Gasteiger charge is 2.10. The van der Waals surface area contributed by atoms with Crippen molar-refractivity contribution in [2.45, 2.75) is 13.0 Å². The molecule has 6 heteroatoms. The molecule has 0 spiro atoms. The predicted octanol–water partition coefficient (Wildman–Crippen LogP) is 1.74. The first kappa shape index (κ1) is 14.6. The van der Waals surface area contributed by atoms with Gasteiger partial charge in [-0.25, -0.2) is 4.98 Å². The molecular weight excluding hydrogens is 272 g/mol. The highest BCUT2D eigenvalue weighted by Crippen LogP contribution is 2.08. The number of nitrogens with one attached hydrogen (secondary N) is 1. The number of hydrogen-bond acceptors (Lipinski definition) is 4. The van der Waals surface area contributed by atoms with E-state index in [1.165, 1.54) is 11.9 Å². The molecule has 0 unspecified atom stereocenters. The summed E-state index contributed by atoms with van der Waals surface area (Å²) in [5, 5.41) is 6.51. The molecule has 0 aliphatic heterocycles. The first-order valence-corrected chi connectivity index (χ1v) is 7.61. The lowest BCUT2D eigenvalue weighted by Crippen LogP contribution is -2.28. The van der Waals surface area contributed by atoms with Crippen molar-refractivity contribution in [1.82, 2.24) is 20.1 Å². The van der Waals surface area contributed by atoms with Gasteiger partial charge in [-0.05, 0) is 17.7 Å². The van der Waals surface area contributed by atoms with E-state index >= 15 is 0 Å². The fourth-order valence-corrected chi connectivity index (χ4v) is 2.64. The van der Waals surface area contributed by atoms with E-state index < -0.39 is 0 Å². The molecule has 2 aromatic rings. The molecule has 1 amide bonds. The molecule has 2 rings (SSSR count). The molecule has 20 heavy (non-hydrogen) atoms. The third-order valence-corrected chi connectivity index (χ3v) is 3.82. The van der Waals surface area contributed by atoms with E-state index in [4.69, 9.17) is 0 Å². The first-order valence-electron chi connectivity index (χ1n) is 6.45. The largest absolute Gasteiger partial charge is 0.338 e. The van der Waals surface area contributed by atoms with Gasteiger partial charge in [0, 0.05) is 7.05 Å². The Balaban J connectivity index is 1.65. The van der Waals surface area contributed by atoms with E-state index in [0.29, 0.717) is 18.1 Å². The van der Waals surface area contributed by atoms with Gasteiger partial charge in [0.2, 0.25) is 5.91 Å². The molecular formula is C14H18N4OS. The quantitative estimate of drug-likeness (QED) is 0.789. The third kappa shape index (κ3) is 4.70. The number of amides is 1. The van der Waals surface area contributed by atoms with Crippen LogP contribution in [0.4, 0.5) is 0 Å². The molecule has 0 aliphatic carbocycles. The first-order chi connectivity index (χ1) is 9.75. The molecule has 1 N–H and O–H groups in total. The zero-order chi connectivity index (χ0) is 14.2. The van der Waals surface area contributed by atoms with Crippen LogP contribution in [-0.2, 0) is 17.8 Å². The molecule has 0 saturated heterocycles. The molecule has 1 heterocycles. The number of aryl methyl sites for hydroxylation is 1. The van der Waals surface area contributed by atoms with Crippen LogP contribution in [0.25, 0.3) is 0 Å². The van der Waals surface area contributed by atoms with E-state index in [2.05, 4.69) is 27.3 Å². The summed E-state index contributed by atoms with van der Waals surface area (Å²) in [6.45, 7) is 0.470. The van der Waals surface area contributed by atoms with Gasteiger partial charge in [0.1, 0.15) is 12.2 Å². The van der Waals surface area contributed by atoms with Gasteiger partial charge in [0.15, 0.2) is 0 Å². The van der Waals surface area contributed by atoms with Crippen LogP contribution in [0.2, 0.25) is 0 Å². The van der Waals surface area contributed by atoms with Crippen LogP contribution in [0.5, 0.6) is 0 Å². The Bertz CT molecular complexity index is 515. The number of aromatic nitrogens is 3. The van der Waals surface area contributed by atoms with Crippen molar-refractivity contribution in [2.24, 2.45) is 0 Å². The number of carbonyl (C=O) groups is 1. The van der Waals surface area contributed by atoms with Gasteiger partial charge < -0.3 is 4.90 Å².